The number of halogens is 3. The van der Waals surface area contributed by atoms with Gasteiger partial charge < -0.3 is 15.0 Å². The van der Waals surface area contributed by atoms with Gasteiger partial charge in [-0.05, 0) is 56.6 Å². The zero-order chi connectivity index (χ0) is 30.0. The molecule has 0 spiro atoms. The largest absolute Gasteiger partial charge is 0.457 e. The molecule has 0 aliphatic carbocycles. The van der Waals surface area contributed by atoms with Gasteiger partial charge in [-0.1, -0.05) is 61.0 Å². The van der Waals surface area contributed by atoms with Crippen LogP contribution in [-0.4, -0.2) is 60.7 Å². The molecule has 2 aliphatic rings. The van der Waals surface area contributed by atoms with Crippen molar-refractivity contribution in [3.8, 4) is 11.5 Å². The number of alkyl halides is 3. The number of aromatic nitrogens is 1. The number of nitrogens with zero attached hydrogens (tertiary/aromatic N) is 3. The Kier molecular flexibility index (Phi) is 8.01. The van der Waals surface area contributed by atoms with Crippen LogP contribution < -0.4 is 15.0 Å². The Morgan fingerprint density at radius 3 is 2.30 bits per heavy atom. The Bertz CT molecular complexity index is 1560. The lowest BCUT2D eigenvalue weighted by molar-refractivity contribution is -0.141. The highest BCUT2D eigenvalue weighted by Gasteiger charge is 2.48. The normalized spacial score (nSPS) is 18.0. The average Bonchev–Trinajstić information content (AvgIpc) is 3.01. The minimum atomic E-state index is -4.51. The predicted molar refractivity (Wildman–Crippen MR) is 162 cm³/mol. The van der Waals surface area contributed by atoms with Crippen molar-refractivity contribution in [1.29, 1.82) is 0 Å². The Morgan fingerprint density at radius 1 is 0.930 bits per heavy atom. The number of benzene rings is 3. The molecular formula is C34H35F3N4O2. The van der Waals surface area contributed by atoms with Crippen LogP contribution in [0, 0.1) is 0 Å². The van der Waals surface area contributed by atoms with Crippen LogP contribution in [0.25, 0.3) is 10.9 Å². The molecule has 43 heavy (non-hydrogen) atoms. The molecule has 1 saturated heterocycles. The number of hydrogen-bond acceptors (Lipinski definition) is 5. The number of rotatable bonds is 8. The van der Waals surface area contributed by atoms with E-state index in [4.69, 9.17) is 9.72 Å². The minimum Gasteiger partial charge on any atom is -0.457 e. The highest BCUT2D eigenvalue weighted by molar-refractivity contribution is 5.94. The van der Waals surface area contributed by atoms with Crippen molar-refractivity contribution in [3.05, 3.63) is 96.1 Å². The number of nitrogens with one attached hydrogen (secondary N) is 1. The first-order valence-corrected chi connectivity index (χ1v) is 14.8. The number of unbranched alkanes of at least 4 members (excludes halogenated alkanes) is 1. The fourth-order valence-corrected chi connectivity index (χ4v) is 6.51. The van der Waals surface area contributed by atoms with E-state index < -0.39 is 24.0 Å². The van der Waals surface area contributed by atoms with Crippen molar-refractivity contribution in [3.63, 3.8) is 0 Å². The molecule has 0 saturated carbocycles. The smallest absolute Gasteiger partial charge is 0.405 e. The minimum absolute atomic E-state index is 0.301. The Morgan fingerprint density at radius 2 is 1.60 bits per heavy atom. The van der Waals surface area contributed by atoms with Crippen LogP contribution in [0.3, 0.4) is 0 Å². The van der Waals surface area contributed by atoms with Crippen molar-refractivity contribution >= 4 is 22.6 Å². The van der Waals surface area contributed by atoms with E-state index in [0.29, 0.717) is 41.5 Å². The van der Waals surface area contributed by atoms with Crippen molar-refractivity contribution in [1.82, 2.24) is 15.2 Å². The van der Waals surface area contributed by atoms with Gasteiger partial charge >= 0.3 is 6.18 Å². The molecule has 0 radical (unpaired) electrons. The number of pyridine rings is 1. The third-order valence-electron chi connectivity index (χ3n) is 8.67. The summed E-state index contributed by atoms with van der Waals surface area (Å²) in [6.45, 7) is 4.26. The van der Waals surface area contributed by atoms with Crippen molar-refractivity contribution in [2.45, 2.75) is 43.8 Å². The first-order valence-electron chi connectivity index (χ1n) is 14.8. The lowest BCUT2D eigenvalue weighted by Gasteiger charge is -2.41. The topological polar surface area (TPSA) is 57.7 Å². The van der Waals surface area contributed by atoms with Crippen molar-refractivity contribution in [2.75, 3.05) is 37.6 Å². The molecule has 0 unspecified atom stereocenters. The fraction of sp³-hybridized carbons (Fsp3) is 0.353. The van der Waals surface area contributed by atoms with E-state index in [0.717, 1.165) is 49.3 Å². The number of amides is 1. The molecule has 4 aromatic rings. The van der Waals surface area contributed by atoms with Gasteiger partial charge in [-0.25, -0.2) is 4.98 Å². The third kappa shape index (κ3) is 5.91. The van der Waals surface area contributed by atoms with Gasteiger partial charge in [0.1, 0.15) is 29.3 Å². The number of hydrogen-bond donors (Lipinski definition) is 1. The van der Waals surface area contributed by atoms with E-state index >= 15 is 0 Å². The van der Waals surface area contributed by atoms with E-state index in [1.165, 1.54) is 0 Å². The Balaban J connectivity index is 1.15. The molecule has 1 amide bonds. The summed E-state index contributed by atoms with van der Waals surface area (Å²) in [5.41, 5.74) is 0.888. The third-order valence-corrected chi connectivity index (χ3v) is 8.67. The second-order valence-electron chi connectivity index (χ2n) is 11.4. The van der Waals surface area contributed by atoms with Gasteiger partial charge in [-0.3, -0.25) is 9.69 Å². The number of carbonyl (C=O) groups excluding carboxylic acids is 1. The van der Waals surface area contributed by atoms with Gasteiger partial charge in [0.15, 0.2) is 0 Å². The summed E-state index contributed by atoms with van der Waals surface area (Å²) in [5.74, 6) is 1.32. The zero-order valence-corrected chi connectivity index (χ0v) is 24.1. The van der Waals surface area contributed by atoms with Gasteiger partial charge in [0.05, 0.1) is 5.52 Å². The maximum Gasteiger partial charge on any atom is 0.405 e. The molecule has 3 aromatic carbocycles. The average molecular weight is 589 g/mol. The number of piperazine rings is 1. The highest BCUT2D eigenvalue weighted by atomic mass is 19.4. The SMILES string of the molecule is C[C@H]1CN(c2ccc3ccccc3n2)CCN1CCCCC1(C(=O)NCC(F)(F)F)c2ccccc2Oc2ccccc21. The quantitative estimate of drug-likeness (QED) is 0.233. The molecule has 224 valence electrons. The molecule has 6 nitrogen and oxygen atoms in total. The molecule has 1 atom stereocenters. The Hall–Kier alpha value is -4.11. The molecule has 1 aromatic heterocycles. The first-order chi connectivity index (χ1) is 20.7. The van der Waals surface area contributed by atoms with Gasteiger partial charge in [0.25, 0.3) is 0 Å². The molecule has 1 N–H and O–H groups in total. The van der Waals surface area contributed by atoms with E-state index in [1.807, 2.05) is 18.2 Å². The van der Waals surface area contributed by atoms with Gasteiger partial charge in [0, 0.05) is 42.2 Å². The van der Waals surface area contributed by atoms with E-state index in [9.17, 15) is 18.0 Å². The first kappa shape index (κ1) is 29.0. The molecule has 6 rings (SSSR count). The summed E-state index contributed by atoms with van der Waals surface area (Å²) in [6.07, 6.45) is -2.69. The van der Waals surface area contributed by atoms with E-state index in [2.05, 4.69) is 40.2 Å². The predicted octanol–water partition coefficient (Wildman–Crippen LogP) is 6.69. The second-order valence-corrected chi connectivity index (χ2v) is 11.4. The maximum absolute atomic E-state index is 13.8. The highest BCUT2D eigenvalue weighted by Crippen LogP contribution is 2.50. The van der Waals surface area contributed by atoms with Gasteiger partial charge in [-0.2, -0.15) is 13.2 Å². The Labute approximate surface area is 249 Å². The standard InChI is InChI=1S/C34H35F3N4O2/c1-24-22-41(31-17-16-25-10-2-5-13-28(25)39-31)21-20-40(24)19-9-8-18-33(32(42)38-23-34(35,36)37)26-11-3-6-14-29(26)43-30-15-7-4-12-27(30)33/h2-7,10-17,24H,8-9,18-23H2,1H3,(H,38,42)/t24-/m0/s1. The number of fused-ring (bicyclic) bond motifs is 3. The maximum atomic E-state index is 13.8. The molecule has 2 aliphatic heterocycles. The van der Waals surface area contributed by atoms with Crippen LogP contribution in [0.5, 0.6) is 11.5 Å². The van der Waals surface area contributed by atoms with Gasteiger partial charge in [-0.15, -0.1) is 0 Å². The van der Waals surface area contributed by atoms with E-state index in [-0.39, 0.29) is 0 Å². The summed E-state index contributed by atoms with van der Waals surface area (Å²) < 4.78 is 45.7. The second kappa shape index (κ2) is 11.9. The lowest BCUT2D eigenvalue weighted by atomic mass is 9.68. The van der Waals surface area contributed by atoms with Crippen LogP contribution in [0.15, 0.2) is 84.9 Å². The number of anilines is 1. The zero-order valence-electron chi connectivity index (χ0n) is 24.1. The lowest BCUT2D eigenvalue weighted by Crippen LogP contribution is -2.52. The van der Waals surface area contributed by atoms with Crippen LogP contribution in [0.1, 0.15) is 37.3 Å². The molecule has 9 heteroatoms. The molecule has 0 bridgehead atoms. The monoisotopic (exact) mass is 588 g/mol. The summed E-state index contributed by atoms with van der Waals surface area (Å²) in [6, 6.07) is 26.9. The number of carbonyl (C=O) groups is 1. The van der Waals surface area contributed by atoms with E-state index in [1.54, 1.807) is 48.5 Å². The number of para-hydroxylation sites is 3. The van der Waals surface area contributed by atoms with Crippen molar-refractivity contribution < 1.29 is 22.7 Å². The van der Waals surface area contributed by atoms with Crippen LogP contribution in [0.2, 0.25) is 0 Å². The summed E-state index contributed by atoms with van der Waals surface area (Å²) in [4.78, 5) is 23.4. The summed E-state index contributed by atoms with van der Waals surface area (Å²) >= 11 is 0. The molecular weight excluding hydrogens is 553 g/mol. The molecule has 1 fully saturated rings. The molecule has 3 heterocycles. The fourth-order valence-electron chi connectivity index (χ4n) is 6.51. The van der Waals surface area contributed by atoms with Crippen LogP contribution in [0.4, 0.5) is 19.0 Å². The van der Waals surface area contributed by atoms with Crippen LogP contribution in [-0.2, 0) is 10.2 Å². The summed E-state index contributed by atoms with van der Waals surface area (Å²) in [7, 11) is 0. The summed E-state index contributed by atoms with van der Waals surface area (Å²) in [5, 5.41) is 3.33. The van der Waals surface area contributed by atoms with Crippen LogP contribution >= 0.6 is 0 Å². The van der Waals surface area contributed by atoms with Gasteiger partial charge in [0.2, 0.25) is 5.91 Å². The number of ether oxygens (including phenoxy) is 1. The van der Waals surface area contributed by atoms with Crippen molar-refractivity contribution in [2.24, 2.45) is 0 Å².